The van der Waals surface area contributed by atoms with Crippen LogP contribution in [0.15, 0.2) is 24.3 Å². The van der Waals surface area contributed by atoms with Gasteiger partial charge in [0.1, 0.15) is 0 Å². The van der Waals surface area contributed by atoms with Gasteiger partial charge in [-0.2, -0.15) is 0 Å². The van der Waals surface area contributed by atoms with Crippen molar-refractivity contribution < 1.29 is 13.5 Å². The van der Waals surface area contributed by atoms with Crippen molar-refractivity contribution in [3.63, 3.8) is 0 Å². The molecular formula is C12H20N2O3S. The molecule has 1 rings (SSSR count). The highest BCUT2D eigenvalue weighted by Gasteiger charge is 2.19. The first kappa shape index (κ1) is 14.9. The van der Waals surface area contributed by atoms with Crippen LogP contribution in [0.2, 0.25) is 0 Å². The summed E-state index contributed by atoms with van der Waals surface area (Å²) >= 11 is 0. The van der Waals surface area contributed by atoms with E-state index in [1.54, 1.807) is 24.3 Å². The molecule has 102 valence electrons. The molecule has 0 aliphatic carbocycles. The Labute approximate surface area is 108 Å². The average molecular weight is 272 g/mol. The first-order chi connectivity index (χ1) is 8.20. The summed E-state index contributed by atoms with van der Waals surface area (Å²) in [5.41, 5.74) is 7.01. The van der Waals surface area contributed by atoms with Crippen LogP contribution in [0.4, 0.5) is 5.69 Å². The van der Waals surface area contributed by atoms with Crippen LogP contribution < -0.4 is 10.5 Å². The third-order valence-corrected chi connectivity index (χ3v) is 3.30. The lowest BCUT2D eigenvalue weighted by atomic mass is 9.94. The first-order valence-electron chi connectivity index (χ1n) is 5.72. The Morgan fingerprint density at radius 1 is 1.22 bits per heavy atom. The number of sulfonamides is 1. The number of hydrogen-bond donors (Lipinski definition) is 3. The zero-order valence-electron chi connectivity index (χ0n) is 10.8. The molecule has 2 atom stereocenters. The smallest absolute Gasteiger partial charge is 0.229 e. The molecule has 0 saturated heterocycles. The molecule has 1 aromatic carbocycles. The largest absolute Gasteiger partial charge is 0.387 e. The van der Waals surface area contributed by atoms with Gasteiger partial charge in [0.2, 0.25) is 10.0 Å². The van der Waals surface area contributed by atoms with Crippen molar-refractivity contribution in [3.8, 4) is 0 Å². The third-order valence-electron chi connectivity index (χ3n) is 2.69. The topological polar surface area (TPSA) is 92.4 Å². The maximum atomic E-state index is 11.0. The zero-order valence-corrected chi connectivity index (χ0v) is 11.6. The van der Waals surface area contributed by atoms with Crippen LogP contribution in [0.1, 0.15) is 25.5 Å². The van der Waals surface area contributed by atoms with Crippen LogP contribution in [0, 0.1) is 5.92 Å². The Bertz CT molecular complexity index is 483. The van der Waals surface area contributed by atoms with Crippen molar-refractivity contribution in [1.82, 2.24) is 0 Å². The van der Waals surface area contributed by atoms with Crippen LogP contribution in [0.5, 0.6) is 0 Å². The van der Waals surface area contributed by atoms with Gasteiger partial charge in [0, 0.05) is 11.7 Å². The summed E-state index contributed by atoms with van der Waals surface area (Å²) in [4.78, 5) is 0. The molecule has 0 aliphatic heterocycles. The predicted molar refractivity (Wildman–Crippen MR) is 72.7 cm³/mol. The highest BCUT2D eigenvalue weighted by molar-refractivity contribution is 7.92. The quantitative estimate of drug-likeness (QED) is 0.747. The van der Waals surface area contributed by atoms with E-state index in [1.807, 2.05) is 13.8 Å². The van der Waals surface area contributed by atoms with E-state index in [2.05, 4.69) is 4.72 Å². The van der Waals surface area contributed by atoms with Gasteiger partial charge in [0.05, 0.1) is 12.4 Å². The number of anilines is 1. The van der Waals surface area contributed by atoms with E-state index in [-0.39, 0.29) is 12.0 Å². The molecule has 6 heteroatoms. The predicted octanol–water partition coefficient (Wildman–Crippen LogP) is 1.07. The van der Waals surface area contributed by atoms with Crippen molar-refractivity contribution in [2.75, 3.05) is 11.0 Å². The van der Waals surface area contributed by atoms with Crippen molar-refractivity contribution in [1.29, 1.82) is 0 Å². The molecule has 0 aromatic heterocycles. The molecule has 2 unspecified atom stereocenters. The van der Waals surface area contributed by atoms with Gasteiger partial charge in [0.25, 0.3) is 0 Å². The summed E-state index contributed by atoms with van der Waals surface area (Å²) in [6, 6.07) is 6.19. The number of aliphatic hydroxyl groups is 1. The van der Waals surface area contributed by atoms with E-state index in [1.165, 1.54) is 0 Å². The SMILES string of the molecule is CC(C)C(N)C(O)c1ccc(NS(C)(=O)=O)cc1. The Hall–Kier alpha value is -1.11. The Balaban J connectivity index is 2.83. The minimum absolute atomic E-state index is 0.161. The van der Waals surface area contributed by atoms with Crippen LogP contribution in [-0.2, 0) is 10.0 Å². The molecule has 0 fully saturated rings. The molecule has 18 heavy (non-hydrogen) atoms. The summed E-state index contributed by atoms with van der Waals surface area (Å²) in [6.07, 6.45) is 0.335. The van der Waals surface area contributed by atoms with Gasteiger partial charge in [-0.1, -0.05) is 26.0 Å². The monoisotopic (exact) mass is 272 g/mol. The second-order valence-corrected chi connectivity index (χ2v) is 6.51. The van der Waals surface area contributed by atoms with E-state index in [9.17, 15) is 13.5 Å². The molecule has 5 nitrogen and oxygen atoms in total. The summed E-state index contributed by atoms with van der Waals surface area (Å²) in [5.74, 6) is 0.161. The highest BCUT2D eigenvalue weighted by Crippen LogP contribution is 2.22. The van der Waals surface area contributed by atoms with Crippen LogP contribution >= 0.6 is 0 Å². The molecule has 0 bridgehead atoms. The second-order valence-electron chi connectivity index (χ2n) is 4.76. The standard InChI is InChI=1S/C12H20N2O3S/c1-8(2)11(13)12(15)9-4-6-10(7-5-9)14-18(3,16)17/h4-8,11-12,14-15H,13H2,1-3H3. The summed E-state index contributed by atoms with van der Waals surface area (Å²) in [7, 11) is -3.28. The Kier molecular flexibility index (Phi) is 4.72. The molecule has 0 radical (unpaired) electrons. The van der Waals surface area contributed by atoms with E-state index >= 15 is 0 Å². The zero-order chi connectivity index (χ0) is 13.9. The summed E-state index contributed by atoms with van der Waals surface area (Å²) in [5, 5.41) is 10.0. The Morgan fingerprint density at radius 3 is 2.11 bits per heavy atom. The van der Waals surface area contributed by atoms with Crippen LogP contribution in [-0.4, -0.2) is 25.8 Å². The fourth-order valence-electron chi connectivity index (χ4n) is 1.55. The highest BCUT2D eigenvalue weighted by atomic mass is 32.2. The minimum Gasteiger partial charge on any atom is -0.387 e. The molecule has 4 N–H and O–H groups in total. The number of nitrogens with two attached hydrogens (primary N) is 1. The molecular weight excluding hydrogens is 252 g/mol. The second kappa shape index (κ2) is 5.69. The van der Waals surface area contributed by atoms with Crippen molar-refractivity contribution in [2.24, 2.45) is 11.7 Å². The minimum atomic E-state index is -3.28. The van der Waals surface area contributed by atoms with E-state index < -0.39 is 16.1 Å². The lowest BCUT2D eigenvalue weighted by Crippen LogP contribution is -2.33. The van der Waals surface area contributed by atoms with Crippen LogP contribution in [0.3, 0.4) is 0 Å². The lowest BCUT2D eigenvalue weighted by Gasteiger charge is -2.22. The number of nitrogens with one attached hydrogen (secondary N) is 1. The number of hydrogen-bond acceptors (Lipinski definition) is 4. The maximum absolute atomic E-state index is 11.0. The van der Waals surface area contributed by atoms with Gasteiger partial charge >= 0.3 is 0 Å². The normalized spacial score (nSPS) is 15.4. The fraction of sp³-hybridized carbons (Fsp3) is 0.500. The van der Waals surface area contributed by atoms with Gasteiger partial charge < -0.3 is 10.8 Å². The first-order valence-corrected chi connectivity index (χ1v) is 7.61. The van der Waals surface area contributed by atoms with Gasteiger partial charge in [0.15, 0.2) is 0 Å². The van der Waals surface area contributed by atoms with Crippen molar-refractivity contribution in [2.45, 2.75) is 26.0 Å². The van der Waals surface area contributed by atoms with Gasteiger partial charge in [-0.25, -0.2) is 8.42 Å². The third kappa shape index (κ3) is 4.29. The fourth-order valence-corrected chi connectivity index (χ4v) is 2.11. The van der Waals surface area contributed by atoms with E-state index in [0.29, 0.717) is 11.3 Å². The van der Waals surface area contributed by atoms with E-state index in [0.717, 1.165) is 6.26 Å². The summed E-state index contributed by atoms with van der Waals surface area (Å²) in [6.45, 7) is 3.88. The molecule has 0 aliphatic rings. The van der Waals surface area contributed by atoms with Gasteiger partial charge in [-0.05, 0) is 23.6 Å². The average Bonchev–Trinajstić information content (AvgIpc) is 2.26. The summed E-state index contributed by atoms with van der Waals surface area (Å²) < 4.78 is 24.4. The van der Waals surface area contributed by atoms with Crippen LogP contribution in [0.25, 0.3) is 0 Å². The van der Waals surface area contributed by atoms with Crippen molar-refractivity contribution >= 4 is 15.7 Å². The molecule has 0 saturated carbocycles. The molecule has 0 heterocycles. The number of aliphatic hydroxyl groups excluding tert-OH is 1. The molecule has 1 aromatic rings. The van der Waals surface area contributed by atoms with Crippen molar-refractivity contribution in [3.05, 3.63) is 29.8 Å². The number of benzene rings is 1. The molecule has 0 amide bonds. The molecule has 0 spiro atoms. The Morgan fingerprint density at radius 2 is 1.72 bits per heavy atom. The van der Waals surface area contributed by atoms with E-state index in [4.69, 9.17) is 5.73 Å². The van der Waals surface area contributed by atoms with Gasteiger partial charge in [-0.3, -0.25) is 4.72 Å². The maximum Gasteiger partial charge on any atom is 0.229 e. The number of rotatable bonds is 5. The van der Waals surface area contributed by atoms with Gasteiger partial charge in [-0.15, -0.1) is 0 Å². The lowest BCUT2D eigenvalue weighted by molar-refractivity contribution is 0.126.